The first kappa shape index (κ1) is 16.0. The van der Waals surface area contributed by atoms with Crippen LogP contribution in [0, 0.1) is 6.92 Å². The number of primary amides is 1. The standard InChI is InChI=1S/C12H23N5OS/c1-6-14-12(4,10(13)18)7-8(2)19-11-16-15-9(3)17(11)5/h8,14H,6-7H2,1-5H3,(H2,13,18). The molecule has 19 heavy (non-hydrogen) atoms. The molecule has 2 atom stereocenters. The minimum absolute atomic E-state index is 0.207. The first-order chi connectivity index (χ1) is 8.80. The number of aryl methyl sites for hydroxylation is 1. The maximum absolute atomic E-state index is 11.6. The van der Waals surface area contributed by atoms with Crippen molar-refractivity contribution in [3.05, 3.63) is 5.82 Å². The van der Waals surface area contributed by atoms with Gasteiger partial charge in [0.2, 0.25) is 5.91 Å². The van der Waals surface area contributed by atoms with Crippen LogP contribution in [0.3, 0.4) is 0 Å². The van der Waals surface area contributed by atoms with E-state index in [1.807, 2.05) is 32.4 Å². The molecule has 0 aliphatic carbocycles. The SMILES string of the molecule is CCNC(C)(CC(C)Sc1nnc(C)n1C)C(N)=O. The lowest BCUT2D eigenvalue weighted by Gasteiger charge is -2.29. The maximum Gasteiger partial charge on any atom is 0.237 e. The van der Waals surface area contributed by atoms with Crippen molar-refractivity contribution in [2.75, 3.05) is 6.54 Å². The fraction of sp³-hybridized carbons (Fsp3) is 0.750. The van der Waals surface area contributed by atoms with Gasteiger partial charge in [-0.3, -0.25) is 4.79 Å². The summed E-state index contributed by atoms with van der Waals surface area (Å²) in [6, 6.07) is 0. The van der Waals surface area contributed by atoms with Gasteiger partial charge in [0.05, 0.1) is 5.54 Å². The van der Waals surface area contributed by atoms with E-state index in [0.29, 0.717) is 13.0 Å². The Morgan fingerprint density at radius 1 is 1.58 bits per heavy atom. The highest BCUT2D eigenvalue weighted by Crippen LogP contribution is 2.27. The molecule has 0 saturated heterocycles. The van der Waals surface area contributed by atoms with Crippen LogP contribution in [-0.2, 0) is 11.8 Å². The second-order valence-electron chi connectivity index (χ2n) is 4.95. The van der Waals surface area contributed by atoms with Crippen molar-refractivity contribution in [2.45, 2.75) is 50.1 Å². The molecule has 1 rings (SSSR count). The maximum atomic E-state index is 11.6. The zero-order chi connectivity index (χ0) is 14.6. The average Bonchev–Trinajstić information content (AvgIpc) is 2.61. The summed E-state index contributed by atoms with van der Waals surface area (Å²) in [4.78, 5) is 11.6. The monoisotopic (exact) mass is 285 g/mol. The lowest BCUT2D eigenvalue weighted by Crippen LogP contribution is -2.54. The Morgan fingerprint density at radius 2 is 2.21 bits per heavy atom. The summed E-state index contributed by atoms with van der Waals surface area (Å²) in [6.45, 7) is 8.49. The van der Waals surface area contributed by atoms with Gasteiger partial charge >= 0.3 is 0 Å². The molecule has 1 heterocycles. The van der Waals surface area contributed by atoms with Crippen LogP contribution in [-0.4, -0.2) is 38.0 Å². The number of carbonyl (C=O) groups is 1. The van der Waals surface area contributed by atoms with E-state index in [9.17, 15) is 4.79 Å². The summed E-state index contributed by atoms with van der Waals surface area (Å²) in [5.74, 6) is 0.551. The second-order valence-corrected chi connectivity index (χ2v) is 6.35. The molecule has 108 valence electrons. The Kier molecular flexibility index (Phi) is 5.37. The van der Waals surface area contributed by atoms with Gasteiger partial charge in [-0.2, -0.15) is 0 Å². The molecule has 0 aromatic carbocycles. The Bertz CT molecular complexity index is 447. The van der Waals surface area contributed by atoms with E-state index in [2.05, 4.69) is 22.4 Å². The Balaban J connectivity index is 2.70. The minimum atomic E-state index is -0.686. The number of hydrogen-bond acceptors (Lipinski definition) is 5. The third-order valence-corrected chi connectivity index (χ3v) is 4.30. The van der Waals surface area contributed by atoms with Crippen LogP contribution in [0.25, 0.3) is 0 Å². The summed E-state index contributed by atoms with van der Waals surface area (Å²) >= 11 is 1.60. The van der Waals surface area contributed by atoms with Crippen molar-refractivity contribution in [1.82, 2.24) is 20.1 Å². The smallest absolute Gasteiger partial charge is 0.237 e. The van der Waals surface area contributed by atoms with Gasteiger partial charge in [0, 0.05) is 12.3 Å². The fourth-order valence-electron chi connectivity index (χ4n) is 1.94. The molecular formula is C12H23N5OS. The summed E-state index contributed by atoms with van der Waals surface area (Å²) in [6.07, 6.45) is 0.646. The largest absolute Gasteiger partial charge is 0.368 e. The van der Waals surface area contributed by atoms with Crippen molar-refractivity contribution < 1.29 is 4.79 Å². The van der Waals surface area contributed by atoms with E-state index in [1.165, 1.54) is 0 Å². The van der Waals surface area contributed by atoms with Gasteiger partial charge in [-0.15, -0.1) is 10.2 Å². The molecule has 1 amide bonds. The zero-order valence-electron chi connectivity index (χ0n) is 12.2. The number of amides is 1. The molecule has 0 spiro atoms. The Labute approximate surface area is 118 Å². The topological polar surface area (TPSA) is 85.8 Å². The molecule has 1 aromatic heterocycles. The summed E-state index contributed by atoms with van der Waals surface area (Å²) < 4.78 is 1.94. The summed E-state index contributed by atoms with van der Waals surface area (Å²) in [7, 11) is 1.93. The second kappa shape index (κ2) is 6.38. The van der Waals surface area contributed by atoms with Crippen molar-refractivity contribution in [1.29, 1.82) is 0 Å². The fourth-order valence-corrected chi connectivity index (χ4v) is 3.09. The molecule has 0 fully saturated rings. The molecule has 0 radical (unpaired) electrons. The van der Waals surface area contributed by atoms with Gasteiger partial charge in [0.25, 0.3) is 0 Å². The van der Waals surface area contributed by atoms with Gasteiger partial charge in [-0.25, -0.2) is 0 Å². The van der Waals surface area contributed by atoms with Crippen LogP contribution >= 0.6 is 11.8 Å². The van der Waals surface area contributed by atoms with Crippen molar-refractivity contribution in [3.8, 4) is 0 Å². The molecule has 3 N–H and O–H groups in total. The highest BCUT2D eigenvalue weighted by atomic mass is 32.2. The Hall–Kier alpha value is -1.08. The lowest BCUT2D eigenvalue weighted by atomic mass is 9.95. The number of thioether (sulfide) groups is 1. The first-order valence-corrected chi connectivity index (χ1v) is 7.25. The molecule has 6 nitrogen and oxygen atoms in total. The molecule has 7 heteroatoms. The van der Waals surface area contributed by atoms with E-state index in [4.69, 9.17) is 5.73 Å². The summed E-state index contributed by atoms with van der Waals surface area (Å²) in [5.41, 5.74) is 4.80. The number of nitrogens with two attached hydrogens (primary N) is 1. The van der Waals surface area contributed by atoms with E-state index >= 15 is 0 Å². The number of likely N-dealkylation sites (N-methyl/N-ethyl adjacent to an activating group) is 1. The van der Waals surface area contributed by atoms with E-state index in [-0.39, 0.29) is 11.2 Å². The van der Waals surface area contributed by atoms with Crippen molar-refractivity contribution >= 4 is 17.7 Å². The normalized spacial score (nSPS) is 16.1. The molecule has 0 saturated carbocycles. The van der Waals surface area contributed by atoms with Crippen LogP contribution < -0.4 is 11.1 Å². The van der Waals surface area contributed by atoms with Gasteiger partial charge in [-0.1, -0.05) is 25.6 Å². The predicted octanol–water partition coefficient (Wildman–Crippen LogP) is 0.848. The molecule has 1 aromatic rings. The number of nitrogens with one attached hydrogen (secondary N) is 1. The highest BCUT2D eigenvalue weighted by Gasteiger charge is 2.32. The van der Waals surface area contributed by atoms with Gasteiger partial charge in [0.15, 0.2) is 5.16 Å². The van der Waals surface area contributed by atoms with Crippen LogP contribution in [0.4, 0.5) is 0 Å². The molecule has 0 aliphatic rings. The number of hydrogen-bond donors (Lipinski definition) is 2. The molecule has 2 unspecified atom stereocenters. The van der Waals surface area contributed by atoms with Crippen LogP contribution in [0.15, 0.2) is 5.16 Å². The van der Waals surface area contributed by atoms with E-state index < -0.39 is 5.54 Å². The number of carbonyl (C=O) groups excluding carboxylic acids is 1. The third kappa shape index (κ3) is 3.94. The molecular weight excluding hydrogens is 262 g/mol. The summed E-state index contributed by atoms with van der Waals surface area (Å²) in [5, 5.41) is 12.4. The average molecular weight is 285 g/mol. The number of nitrogens with zero attached hydrogens (tertiary/aromatic N) is 3. The van der Waals surface area contributed by atoms with Crippen LogP contribution in [0.5, 0.6) is 0 Å². The molecule has 0 aliphatic heterocycles. The molecule has 0 bridgehead atoms. The van der Waals surface area contributed by atoms with E-state index in [0.717, 1.165) is 11.0 Å². The highest BCUT2D eigenvalue weighted by molar-refractivity contribution is 7.99. The van der Waals surface area contributed by atoms with Crippen molar-refractivity contribution in [2.24, 2.45) is 12.8 Å². The lowest BCUT2D eigenvalue weighted by molar-refractivity contribution is -0.124. The van der Waals surface area contributed by atoms with E-state index in [1.54, 1.807) is 11.8 Å². The van der Waals surface area contributed by atoms with Gasteiger partial charge in [-0.05, 0) is 26.8 Å². The van der Waals surface area contributed by atoms with Gasteiger partial charge in [0.1, 0.15) is 5.82 Å². The minimum Gasteiger partial charge on any atom is -0.368 e. The Morgan fingerprint density at radius 3 is 2.63 bits per heavy atom. The van der Waals surface area contributed by atoms with Crippen LogP contribution in [0.2, 0.25) is 0 Å². The zero-order valence-corrected chi connectivity index (χ0v) is 13.0. The third-order valence-electron chi connectivity index (χ3n) is 3.17. The number of aromatic nitrogens is 3. The first-order valence-electron chi connectivity index (χ1n) is 6.37. The van der Waals surface area contributed by atoms with Gasteiger partial charge < -0.3 is 15.6 Å². The van der Waals surface area contributed by atoms with Crippen molar-refractivity contribution in [3.63, 3.8) is 0 Å². The quantitative estimate of drug-likeness (QED) is 0.725. The number of rotatable bonds is 7. The predicted molar refractivity (Wildman–Crippen MR) is 77.0 cm³/mol. The van der Waals surface area contributed by atoms with Crippen LogP contribution in [0.1, 0.15) is 33.0 Å².